The van der Waals surface area contributed by atoms with Gasteiger partial charge in [0.2, 0.25) is 0 Å². The lowest BCUT2D eigenvalue weighted by molar-refractivity contribution is 0.240. The fourth-order valence-corrected chi connectivity index (χ4v) is 1.88. The third kappa shape index (κ3) is 5.05. The van der Waals surface area contributed by atoms with E-state index in [2.05, 4.69) is 20.6 Å². The number of aromatic nitrogens is 2. The molecular weight excluding hydrogens is 278 g/mol. The molecule has 0 saturated heterocycles. The van der Waals surface area contributed by atoms with Crippen LogP contribution in [-0.4, -0.2) is 36.6 Å². The van der Waals surface area contributed by atoms with Crippen LogP contribution in [-0.2, 0) is 13.0 Å². The fraction of sp³-hybridized carbons (Fsp3) is 0.312. The van der Waals surface area contributed by atoms with Crippen molar-refractivity contribution >= 4 is 11.8 Å². The highest BCUT2D eigenvalue weighted by Crippen LogP contribution is 2.07. The molecule has 0 saturated carbocycles. The Hall–Kier alpha value is -2.63. The van der Waals surface area contributed by atoms with Crippen LogP contribution in [0.4, 0.5) is 10.6 Å². The Morgan fingerprint density at radius 2 is 2.00 bits per heavy atom. The third-order valence-corrected chi connectivity index (χ3v) is 3.11. The minimum absolute atomic E-state index is 0.187. The van der Waals surface area contributed by atoms with Crippen molar-refractivity contribution in [2.75, 3.05) is 25.5 Å². The SMILES string of the molecule is CN(C)c1ccc(CNC(=O)NCCc2ccccn2)cn1. The number of hydrogen-bond donors (Lipinski definition) is 2. The van der Waals surface area contributed by atoms with Crippen LogP contribution in [0, 0.1) is 0 Å². The minimum Gasteiger partial charge on any atom is -0.363 e. The van der Waals surface area contributed by atoms with Gasteiger partial charge in [-0.1, -0.05) is 12.1 Å². The molecule has 6 heteroatoms. The summed E-state index contributed by atoms with van der Waals surface area (Å²) in [5.74, 6) is 0.892. The van der Waals surface area contributed by atoms with Crippen LogP contribution in [0.2, 0.25) is 0 Å². The van der Waals surface area contributed by atoms with E-state index >= 15 is 0 Å². The van der Waals surface area contributed by atoms with E-state index in [4.69, 9.17) is 0 Å². The molecule has 116 valence electrons. The van der Waals surface area contributed by atoms with Crippen LogP contribution in [0.3, 0.4) is 0 Å². The van der Waals surface area contributed by atoms with Gasteiger partial charge in [-0.25, -0.2) is 9.78 Å². The molecule has 0 aliphatic rings. The van der Waals surface area contributed by atoms with E-state index in [1.807, 2.05) is 49.3 Å². The second-order valence-corrected chi connectivity index (χ2v) is 5.10. The zero-order valence-corrected chi connectivity index (χ0v) is 12.9. The molecule has 0 aromatic carbocycles. The molecule has 22 heavy (non-hydrogen) atoms. The highest BCUT2D eigenvalue weighted by Gasteiger charge is 2.02. The van der Waals surface area contributed by atoms with Gasteiger partial charge in [0.25, 0.3) is 0 Å². The van der Waals surface area contributed by atoms with Gasteiger partial charge in [-0.2, -0.15) is 0 Å². The average molecular weight is 299 g/mol. The maximum atomic E-state index is 11.7. The Kier molecular flexibility index (Phi) is 5.71. The van der Waals surface area contributed by atoms with Crippen LogP contribution in [0.15, 0.2) is 42.7 Å². The van der Waals surface area contributed by atoms with E-state index in [1.165, 1.54) is 0 Å². The average Bonchev–Trinajstić information content (AvgIpc) is 2.54. The molecule has 2 amide bonds. The van der Waals surface area contributed by atoms with E-state index in [0.29, 0.717) is 19.5 Å². The van der Waals surface area contributed by atoms with E-state index in [9.17, 15) is 4.79 Å². The first kappa shape index (κ1) is 15.8. The van der Waals surface area contributed by atoms with Gasteiger partial charge >= 0.3 is 6.03 Å². The van der Waals surface area contributed by atoms with E-state index < -0.39 is 0 Å². The number of carbonyl (C=O) groups is 1. The molecule has 0 bridgehead atoms. The Labute approximate surface area is 130 Å². The van der Waals surface area contributed by atoms with Crippen molar-refractivity contribution < 1.29 is 4.79 Å². The number of nitrogens with zero attached hydrogens (tertiary/aromatic N) is 3. The summed E-state index contributed by atoms with van der Waals surface area (Å²) < 4.78 is 0. The molecule has 0 atom stereocenters. The molecule has 2 aromatic heterocycles. The van der Waals surface area contributed by atoms with Crippen LogP contribution in [0.1, 0.15) is 11.3 Å². The van der Waals surface area contributed by atoms with Crippen LogP contribution in [0.25, 0.3) is 0 Å². The van der Waals surface area contributed by atoms with Gasteiger partial charge in [-0.05, 0) is 23.8 Å². The smallest absolute Gasteiger partial charge is 0.315 e. The Morgan fingerprint density at radius 3 is 2.64 bits per heavy atom. The molecule has 2 N–H and O–H groups in total. The van der Waals surface area contributed by atoms with Crippen molar-refractivity contribution in [2.45, 2.75) is 13.0 Å². The van der Waals surface area contributed by atoms with Gasteiger partial charge in [0.15, 0.2) is 0 Å². The number of rotatable bonds is 6. The van der Waals surface area contributed by atoms with Crippen LogP contribution >= 0.6 is 0 Å². The molecule has 2 rings (SSSR count). The molecule has 0 spiro atoms. The van der Waals surface area contributed by atoms with Gasteiger partial charge in [0.05, 0.1) is 0 Å². The molecule has 0 unspecified atom stereocenters. The molecule has 0 fully saturated rings. The summed E-state index contributed by atoms with van der Waals surface area (Å²) in [6.45, 7) is 1.01. The Bertz CT molecular complexity index is 583. The number of anilines is 1. The Morgan fingerprint density at radius 1 is 1.14 bits per heavy atom. The van der Waals surface area contributed by atoms with E-state index in [-0.39, 0.29) is 6.03 Å². The normalized spacial score (nSPS) is 10.1. The fourth-order valence-electron chi connectivity index (χ4n) is 1.88. The highest BCUT2D eigenvalue weighted by molar-refractivity contribution is 5.73. The maximum Gasteiger partial charge on any atom is 0.315 e. The first-order valence-electron chi connectivity index (χ1n) is 7.19. The number of pyridine rings is 2. The first-order chi connectivity index (χ1) is 10.6. The zero-order chi connectivity index (χ0) is 15.8. The topological polar surface area (TPSA) is 70.2 Å². The molecule has 0 aliphatic carbocycles. The van der Waals surface area contributed by atoms with Crippen molar-refractivity contribution in [1.29, 1.82) is 0 Å². The number of amides is 2. The van der Waals surface area contributed by atoms with Crippen LogP contribution in [0.5, 0.6) is 0 Å². The first-order valence-corrected chi connectivity index (χ1v) is 7.19. The molecule has 2 heterocycles. The summed E-state index contributed by atoms with van der Waals surface area (Å²) in [5.41, 5.74) is 1.93. The summed E-state index contributed by atoms with van der Waals surface area (Å²) in [4.78, 5) is 22.2. The van der Waals surface area contributed by atoms with Gasteiger partial charge in [0, 0.05) is 51.7 Å². The second kappa shape index (κ2) is 7.97. The lowest BCUT2D eigenvalue weighted by Gasteiger charge is -2.11. The maximum absolute atomic E-state index is 11.7. The lowest BCUT2D eigenvalue weighted by Crippen LogP contribution is -2.36. The van der Waals surface area contributed by atoms with Gasteiger partial charge < -0.3 is 15.5 Å². The predicted molar refractivity (Wildman–Crippen MR) is 86.7 cm³/mol. The second-order valence-electron chi connectivity index (χ2n) is 5.10. The number of nitrogens with one attached hydrogen (secondary N) is 2. The van der Waals surface area contributed by atoms with Crippen molar-refractivity contribution in [3.05, 3.63) is 54.0 Å². The summed E-state index contributed by atoms with van der Waals surface area (Å²) in [5, 5.41) is 5.62. The van der Waals surface area contributed by atoms with E-state index in [0.717, 1.165) is 17.1 Å². The van der Waals surface area contributed by atoms with Gasteiger partial charge in [-0.3, -0.25) is 4.98 Å². The molecule has 6 nitrogen and oxygen atoms in total. The molecule has 0 aliphatic heterocycles. The van der Waals surface area contributed by atoms with Crippen molar-refractivity contribution in [3.63, 3.8) is 0 Å². The monoisotopic (exact) mass is 299 g/mol. The van der Waals surface area contributed by atoms with Crippen molar-refractivity contribution in [2.24, 2.45) is 0 Å². The number of urea groups is 1. The minimum atomic E-state index is -0.187. The summed E-state index contributed by atoms with van der Waals surface area (Å²) in [6, 6.07) is 9.45. The summed E-state index contributed by atoms with van der Waals surface area (Å²) >= 11 is 0. The quantitative estimate of drug-likeness (QED) is 0.850. The van der Waals surface area contributed by atoms with Crippen molar-refractivity contribution in [1.82, 2.24) is 20.6 Å². The number of hydrogen-bond acceptors (Lipinski definition) is 4. The van der Waals surface area contributed by atoms with Crippen LogP contribution < -0.4 is 15.5 Å². The van der Waals surface area contributed by atoms with E-state index in [1.54, 1.807) is 12.4 Å². The predicted octanol–water partition coefficient (Wildman–Crippen LogP) is 1.58. The molecule has 0 radical (unpaired) electrons. The third-order valence-electron chi connectivity index (χ3n) is 3.11. The van der Waals surface area contributed by atoms with Crippen molar-refractivity contribution in [3.8, 4) is 0 Å². The molecular formula is C16H21N5O. The summed E-state index contributed by atoms with van der Waals surface area (Å²) in [6.07, 6.45) is 4.23. The Balaban J connectivity index is 1.69. The largest absolute Gasteiger partial charge is 0.363 e. The highest BCUT2D eigenvalue weighted by atomic mass is 16.2. The standard InChI is InChI=1S/C16H21N5O/c1-21(2)15-7-6-13(11-19-15)12-20-16(22)18-10-8-14-5-3-4-9-17-14/h3-7,9,11H,8,10,12H2,1-2H3,(H2,18,20,22). The number of carbonyl (C=O) groups excluding carboxylic acids is 1. The zero-order valence-electron chi connectivity index (χ0n) is 12.9. The molecule has 2 aromatic rings. The lowest BCUT2D eigenvalue weighted by atomic mass is 10.2. The van der Waals surface area contributed by atoms with Gasteiger partial charge in [0.1, 0.15) is 5.82 Å². The summed E-state index contributed by atoms with van der Waals surface area (Å²) in [7, 11) is 3.88. The van der Waals surface area contributed by atoms with Gasteiger partial charge in [-0.15, -0.1) is 0 Å².